The Kier molecular flexibility index (Phi) is 4.89. The number of rotatable bonds is 4. The molecule has 1 aliphatic carbocycles. The molecule has 1 aromatic heterocycles. The molecule has 0 saturated heterocycles. The lowest BCUT2D eigenvalue weighted by atomic mass is 9.84. The monoisotopic (exact) mass is 311 g/mol. The van der Waals surface area contributed by atoms with Crippen LogP contribution in [0.4, 0.5) is 5.13 Å². The first-order valence-corrected chi connectivity index (χ1v) is 7.62. The Morgan fingerprint density at radius 1 is 1.33 bits per heavy atom. The Labute approximate surface area is 125 Å². The van der Waals surface area contributed by atoms with Gasteiger partial charge in [0.15, 0.2) is 5.13 Å². The third-order valence-electron chi connectivity index (χ3n) is 3.42. The molecule has 1 heterocycles. The lowest BCUT2D eigenvalue weighted by Gasteiger charge is -2.28. The number of hydrogen-bond donors (Lipinski definition) is 3. The molecular formula is C13H17N3O4S. The number of aromatic nitrogens is 1. The van der Waals surface area contributed by atoms with E-state index in [2.05, 4.69) is 15.6 Å². The average Bonchev–Trinajstić information content (AvgIpc) is 2.86. The van der Waals surface area contributed by atoms with Crippen molar-refractivity contribution in [2.24, 2.45) is 5.92 Å². The van der Waals surface area contributed by atoms with Gasteiger partial charge in [-0.1, -0.05) is 12.8 Å². The Hall–Kier alpha value is -1.96. The van der Waals surface area contributed by atoms with Gasteiger partial charge in [-0.25, -0.2) is 4.98 Å². The largest absolute Gasteiger partial charge is 0.481 e. The summed E-state index contributed by atoms with van der Waals surface area (Å²) in [7, 11) is 0. The van der Waals surface area contributed by atoms with Gasteiger partial charge in [0.25, 0.3) is 5.91 Å². The molecule has 7 nitrogen and oxygen atoms in total. The molecule has 0 aliphatic heterocycles. The number of carbonyl (C=O) groups excluding carboxylic acids is 2. The zero-order valence-corrected chi connectivity index (χ0v) is 12.4. The number of carboxylic acid groups (broad SMARTS) is 1. The molecule has 1 saturated carbocycles. The molecule has 2 amide bonds. The lowest BCUT2D eigenvalue weighted by molar-refractivity contribution is -0.143. The van der Waals surface area contributed by atoms with Crippen LogP contribution in [0.1, 0.15) is 43.1 Å². The predicted octanol–water partition coefficient (Wildman–Crippen LogP) is 1.47. The maximum atomic E-state index is 12.1. The van der Waals surface area contributed by atoms with E-state index in [9.17, 15) is 19.5 Å². The van der Waals surface area contributed by atoms with Crippen LogP contribution in [-0.2, 0) is 9.59 Å². The summed E-state index contributed by atoms with van der Waals surface area (Å²) in [6.07, 6.45) is 3.01. The molecule has 1 fully saturated rings. The van der Waals surface area contributed by atoms with Gasteiger partial charge in [-0.15, -0.1) is 11.3 Å². The second-order valence-corrected chi connectivity index (χ2v) is 5.89. The van der Waals surface area contributed by atoms with Gasteiger partial charge < -0.3 is 15.7 Å². The van der Waals surface area contributed by atoms with Crippen molar-refractivity contribution in [1.82, 2.24) is 10.3 Å². The molecule has 0 bridgehead atoms. The van der Waals surface area contributed by atoms with E-state index in [-0.39, 0.29) is 17.6 Å². The smallest absolute Gasteiger partial charge is 0.308 e. The minimum atomic E-state index is -0.878. The minimum Gasteiger partial charge on any atom is -0.481 e. The molecular weight excluding hydrogens is 294 g/mol. The van der Waals surface area contributed by atoms with E-state index in [0.717, 1.165) is 24.2 Å². The molecule has 1 aliphatic rings. The number of hydrogen-bond acceptors (Lipinski definition) is 5. The van der Waals surface area contributed by atoms with Crippen molar-refractivity contribution in [3.63, 3.8) is 0 Å². The van der Waals surface area contributed by atoms with Gasteiger partial charge in [-0.05, 0) is 12.8 Å². The number of nitrogens with zero attached hydrogens (tertiary/aromatic N) is 1. The highest BCUT2D eigenvalue weighted by molar-refractivity contribution is 7.14. The summed E-state index contributed by atoms with van der Waals surface area (Å²) in [6.45, 7) is 1.36. The Morgan fingerprint density at radius 3 is 2.71 bits per heavy atom. The fourth-order valence-corrected chi connectivity index (χ4v) is 3.16. The number of amides is 2. The van der Waals surface area contributed by atoms with E-state index < -0.39 is 17.8 Å². The van der Waals surface area contributed by atoms with Crippen LogP contribution in [-0.4, -0.2) is 33.9 Å². The molecule has 2 atom stereocenters. The van der Waals surface area contributed by atoms with E-state index >= 15 is 0 Å². The topological polar surface area (TPSA) is 108 Å². The number of aliphatic carboxylic acids is 1. The molecule has 0 aromatic carbocycles. The van der Waals surface area contributed by atoms with Crippen LogP contribution in [0.2, 0.25) is 0 Å². The van der Waals surface area contributed by atoms with Crippen molar-refractivity contribution in [1.29, 1.82) is 0 Å². The van der Waals surface area contributed by atoms with Gasteiger partial charge in [0.2, 0.25) is 5.91 Å². The summed E-state index contributed by atoms with van der Waals surface area (Å²) in [6, 6.07) is -0.366. The van der Waals surface area contributed by atoms with E-state index in [0.29, 0.717) is 18.0 Å². The average molecular weight is 311 g/mol. The molecule has 0 radical (unpaired) electrons. The summed E-state index contributed by atoms with van der Waals surface area (Å²) < 4.78 is 0. The molecule has 1 aromatic rings. The highest BCUT2D eigenvalue weighted by Crippen LogP contribution is 2.25. The van der Waals surface area contributed by atoms with Gasteiger partial charge in [0.05, 0.1) is 5.92 Å². The Morgan fingerprint density at radius 2 is 2.05 bits per heavy atom. The summed E-state index contributed by atoms with van der Waals surface area (Å²) >= 11 is 1.16. The number of nitrogens with one attached hydrogen (secondary N) is 2. The van der Waals surface area contributed by atoms with Gasteiger partial charge in [0.1, 0.15) is 5.69 Å². The second kappa shape index (κ2) is 6.66. The maximum absolute atomic E-state index is 12.1. The number of thiazole rings is 1. The molecule has 0 spiro atoms. The SMILES string of the molecule is CC(=O)Nc1nc(C(=O)NC2CCCCC2C(=O)O)cs1. The molecule has 21 heavy (non-hydrogen) atoms. The first kappa shape index (κ1) is 15.4. The predicted molar refractivity (Wildman–Crippen MR) is 77.3 cm³/mol. The van der Waals surface area contributed by atoms with Crippen molar-refractivity contribution in [2.75, 3.05) is 5.32 Å². The third-order valence-corrected chi connectivity index (χ3v) is 4.18. The zero-order valence-electron chi connectivity index (χ0n) is 11.6. The van der Waals surface area contributed by atoms with Crippen LogP contribution in [0.5, 0.6) is 0 Å². The van der Waals surface area contributed by atoms with Gasteiger partial charge in [-0.2, -0.15) is 0 Å². The van der Waals surface area contributed by atoms with Crippen molar-refractivity contribution in [3.8, 4) is 0 Å². The fraction of sp³-hybridized carbons (Fsp3) is 0.538. The first-order valence-electron chi connectivity index (χ1n) is 6.74. The van der Waals surface area contributed by atoms with E-state index in [1.54, 1.807) is 5.38 Å². The van der Waals surface area contributed by atoms with Crippen LogP contribution in [0.3, 0.4) is 0 Å². The summed E-state index contributed by atoms with van der Waals surface area (Å²) in [4.78, 5) is 38.2. The van der Waals surface area contributed by atoms with E-state index in [4.69, 9.17) is 0 Å². The van der Waals surface area contributed by atoms with E-state index in [1.165, 1.54) is 6.92 Å². The number of carboxylic acids is 1. The highest BCUT2D eigenvalue weighted by atomic mass is 32.1. The summed E-state index contributed by atoms with van der Waals surface area (Å²) in [5, 5.41) is 16.3. The quantitative estimate of drug-likeness (QED) is 0.780. The minimum absolute atomic E-state index is 0.193. The molecule has 2 unspecified atom stereocenters. The van der Waals surface area contributed by atoms with Crippen molar-refractivity contribution in [2.45, 2.75) is 38.6 Å². The van der Waals surface area contributed by atoms with Gasteiger partial charge in [0, 0.05) is 18.3 Å². The van der Waals surface area contributed by atoms with Crippen molar-refractivity contribution < 1.29 is 19.5 Å². The van der Waals surface area contributed by atoms with Crippen molar-refractivity contribution >= 4 is 34.3 Å². The highest BCUT2D eigenvalue weighted by Gasteiger charge is 2.32. The fourth-order valence-electron chi connectivity index (χ4n) is 2.43. The van der Waals surface area contributed by atoms with Crippen LogP contribution in [0.25, 0.3) is 0 Å². The summed E-state index contributed by atoms with van der Waals surface area (Å²) in [5.41, 5.74) is 0.193. The van der Waals surface area contributed by atoms with Crippen LogP contribution in [0, 0.1) is 5.92 Å². The van der Waals surface area contributed by atoms with Gasteiger partial charge in [-0.3, -0.25) is 14.4 Å². The van der Waals surface area contributed by atoms with Crippen LogP contribution < -0.4 is 10.6 Å². The second-order valence-electron chi connectivity index (χ2n) is 5.03. The summed E-state index contributed by atoms with van der Waals surface area (Å²) in [5.74, 6) is -2.08. The molecule has 8 heteroatoms. The third kappa shape index (κ3) is 4.01. The van der Waals surface area contributed by atoms with Crippen molar-refractivity contribution in [3.05, 3.63) is 11.1 Å². The number of carbonyl (C=O) groups is 3. The van der Waals surface area contributed by atoms with Crippen LogP contribution >= 0.6 is 11.3 Å². The first-order chi connectivity index (χ1) is 9.97. The molecule has 3 N–H and O–H groups in total. The normalized spacial score (nSPS) is 21.6. The van der Waals surface area contributed by atoms with Gasteiger partial charge >= 0.3 is 5.97 Å². The lowest BCUT2D eigenvalue weighted by Crippen LogP contribution is -2.45. The standard InChI is InChI=1S/C13H17N3O4S/c1-7(17)14-13-16-10(6-21-13)11(18)15-9-5-3-2-4-8(9)12(19)20/h6,8-9H,2-5H2,1H3,(H,15,18)(H,19,20)(H,14,16,17). The number of anilines is 1. The Balaban J connectivity index is 2.01. The molecule has 2 rings (SSSR count). The molecule has 114 valence electrons. The zero-order chi connectivity index (χ0) is 15.4. The maximum Gasteiger partial charge on any atom is 0.308 e. The van der Waals surface area contributed by atoms with Crippen LogP contribution in [0.15, 0.2) is 5.38 Å². The van der Waals surface area contributed by atoms with E-state index in [1.807, 2.05) is 0 Å². The Bertz CT molecular complexity index is 557.